The number of carbonyl (C=O) groups is 2. The first-order chi connectivity index (χ1) is 11.9. The van der Waals surface area contributed by atoms with Gasteiger partial charge in [0.05, 0.1) is 17.6 Å². The van der Waals surface area contributed by atoms with Gasteiger partial charge in [0.1, 0.15) is 5.75 Å². The first-order valence-electron chi connectivity index (χ1n) is 7.03. The van der Waals surface area contributed by atoms with E-state index in [0.29, 0.717) is 5.56 Å². The van der Waals surface area contributed by atoms with Gasteiger partial charge in [-0.05, 0) is 35.9 Å². The third-order valence-electron chi connectivity index (χ3n) is 3.10. The molecule has 2 aromatic carbocycles. The fourth-order valence-electron chi connectivity index (χ4n) is 1.98. The molecule has 0 saturated heterocycles. The Morgan fingerprint density at radius 2 is 1.96 bits per heavy atom. The van der Waals surface area contributed by atoms with Crippen LogP contribution in [0.5, 0.6) is 11.5 Å². The maximum atomic E-state index is 11.5. The molecule has 25 heavy (non-hydrogen) atoms. The summed E-state index contributed by atoms with van der Waals surface area (Å²) in [4.78, 5) is 32.9. The maximum Gasteiger partial charge on any atom is 0.337 e. The van der Waals surface area contributed by atoms with Gasteiger partial charge >= 0.3 is 11.7 Å². The summed E-state index contributed by atoms with van der Waals surface area (Å²) in [6.07, 6.45) is 2.45. The molecule has 8 nitrogen and oxygen atoms in total. The van der Waals surface area contributed by atoms with E-state index < -0.39 is 16.8 Å². The van der Waals surface area contributed by atoms with E-state index in [4.69, 9.17) is 10.5 Å². The first kappa shape index (κ1) is 17.7. The Balaban J connectivity index is 2.34. The molecule has 128 valence electrons. The average molecular weight is 342 g/mol. The summed E-state index contributed by atoms with van der Waals surface area (Å²) in [5.74, 6) is -0.982. The first-order valence-corrected chi connectivity index (χ1v) is 7.03. The fraction of sp³-hybridized carbons (Fsp3) is 0.0588. The molecule has 2 aromatic rings. The second kappa shape index (κ2) is 7.73. The summed E-state index contributed by atoms with van der Waals surface area (Å²) in [5, 5.41) is 11.3. The summed E-state index contributed by atoms with van der Waals surface area (Å²) < 4.78 is 10.1. The minimum absolute atomic E-state index is 0.0109. The molecule has 1 amide bonds. The van der Waals surface area contributed by atoms with Crippen molar-refractivity contribution in [2.24, 2.45) is 5.73 Å². The number of nitrogens with zero attached hydrogens (tertiary/aromatic N) is 1. The van der Waals surface area contributed by atoms with Gasteiger partial charge in [0.2, 0.25) is 11.7 Å². The highest BCUT2D eigenvalue weighted by Gasteiger charge is 2.17. The van der Waals surface area contributed by atoms with Gasteiger partial charge in [-0.2, -0.15) is 0 Å². The van der Waals surface area contributed by atoms with Gasteiger partial charge in [-0.15, -0.1) is 0 Å². The number of carbonyl (C=O) groups excluding carboxylic acids is 2. The fourth-order valence-corrected chi connectivity index (χ4v) is 1.98. The van der Waals surface area contributed by atoms with Gasteiger partial charge in [-0.1, -0.05) is 12.1 Å². The summed E-state index contributed by atoms with van der Waals surface area (Å²) in [6.45, 7) is 0. The third-order valence-corrected chi connectivity index (χ3v) is 3.10. The van der Waals surface area contributed by atoms with Crippen molar-refractivity contribution in [1.29, 1.82) is 0 Å². The van der Waals surface area contributed by atoms with E-state index in [0.717, 1.165) is 6.08 Å². The second-order valence-electron chi connectivity index (χ2n) is 4.84. The topological polar surface area (TPSA) is 122 Å². The molecule has 0 saturated carbocycles. The third kappa shape index (κ3) is 4.64. The maximum absolute atomic E-state index is 11.5. The number of ether oxygens (including phenoxy) is 2. The van der Waals surface area contributed by atoms with E-state index >= 15 is 0 Å². The molecule has 0 spiro atoms. The zero-order valence-corrected chi connectivity index (χ0v) is 13.2. The normalized spacial score (nSPS) is 10.4. The number of nitro benzene ring substituents is 1. The molecule has 0 aliphatic carbocycles. The van der Waals surface area contributed by atoms with Gasteiger partial charge in [0.15, 0.2) is 0 Å². The zero-order valence-electron chi connectivity index (χ0n) is 13.2. The molecular weight excluding hydrogens is 328 g/mol. The van der Waals surface area contributed by atoms with E-state index in [9.17, 15) is 19.7 Å². The van der Waals surface area contributed by atoms with Gasteiger partial charge in [0.25, 0.3) is 0 Å². The van der Waals surface area contributed by atoms with Crippen molar-refractivity contribution in [3.05, 3.63) is 69.8 Å². The monoisotopic (exact) mass is 342 g/mol. The van der Waals surface area contributed by atoms with Crippen molar-refractivity contribution in [2.75, 3.05) is 7.11 Å². The predicted octanol–water partition coefficient (Wildman–Crippen LogP) is 2.67. The quantitative estimate of drug-likeness (QED) is 0.373. The van der Waals surface area contributed by atoms with Crippen molar-refractivity contribution in [3.8, 4) is 11.5 Å². The summed E-state index contributed by atoms with van der Waals surface area (Å²) in [6, 6.07) is 10.2. The van der Waals surface area contributed by atoms with Crippen molar-refractivity contribution in [3.63, 3.8) is 0 Å². The number of nitro groups is 1. The Morgan fingerprint density at radius 1 is 1.20 bits per heavy atom. The Hall–Kier alpha value is -3.68. The minimum atomic E-state index is -0.664. The molecule has 0 atom stereocenters. The van der Waals surface area contributed by atoms with Crippen LogP contribution in [0.4, 0.5) is 5.69 Å². The van der Waals surface area contributed by atoms with E-state index in [1.54, 1.807) is 12.1 Å². The SMILES string of the molecule is COC(=O)c1cccc(Oc2ccc(/C=C\C(N)=O)cc2[N+](=O)[O-])c1. The van der Waals surface area contributed by atoms with Crippen molar-refractivity contribution in [1.82, 2.24) is 0 Å². The van der Waals surface area contributed by atoms with Crippen LogP contribution < -0.4 is 10.5 Å². The lowest BCUT2D eigenvalue weighted by molar-refractivity contribution is -0.385. The lowest BCUT2D eigenvalue weighted by atomic mass is 10.1. The standard InChI is InChI=1S/C17H14N2O6/c1-24-17(21)12-3-2-4-13(10-12)25-15-7-5-11(6-8-16(18)20)9-14(15)19(22)23/h2-10H,1H3,(H2,18,20)/b8-6-. The number of nitrogens with two attached hydrogens (primary N) is 1. The van der Waals surface area contributed by atoms with Crippen LogP contribution in [0, 0.1) is 10.1 Å². The Bertz CT molecular complexity index is 860. The van der Waals surface area contributed by atoms with E-state index in [1.807, 2.05) is 0 Å². The number of amides is 1. The Morgan fingerprint density at radius 3 is 2.60 bits per heavy atom. The van der Waals surface area contributed by atoms with Crippen LogP contribution in [0.15, 0.2) is 48.5 Å². The van der Waals surface area contributed by atoms with Gasteiger partial charge in [0, 0.05) is 12.1 Å². The summed E-state index contributed by atoms with van der Waals surface area (Å²) >= 11 is 0. The smallest absolute Gasteiger partial charge is 0.337 e. The van der Waals surface area contributed by atoms with E-state index in [-0.39, 0.29) is 22.7 Å². The summed E-state index contributed by atoms with van der Waals surface area (Å²) in [7, 11) is 1.25. The Labute approximate surface area is 142 Å². The van der Waals surface area contributed by atoms with E-state index in [1.165, 1.54) is 43.5 Å². The van der Waals surface area contributed by atoms with Gasteiger partial charge in [-0.3, -0.25) is 14.9 Å². The molecule has 0 fully saturated rings. The number of methoxy groups -OCH3 is 1. The number of rotatable bonds is 6. The molecule has 0 heterocycles. The van der Waals surface area contributed by atoms with Gasteiger partial charge < -0.3 is 15.2 Å². The van der Waals surface area contributed by atoms with Crippen LogP contribution in [0.1, 0.15) is 15.9 Å². The van der Waals surface area contributed by atoms with Crippen molar-refractivity contribution >= 4 is 23.6 Å². The van der Waals surface area contributed by atoms with Crippen LogP contribution in [0.25, 0.3) is 6.08 Å². The van der Waals surface area contributed by atoms with Crippen LogP contribution in [-0.4, -0.2) is 23.9 Å². The highest BCUT2D eigenvalue weighted by Crippen LogP contribution is 2.32. The molecule has 0 unspecified atom stereocenters. The summed E-state index contributed by atoms with van der Waals surface area (Å²) in [5.41, 5.74) is 5.37. The second-order valence-corrected chi connectivity index (χ2v) is 4.84. The lowest BCUT2D eigenvalue weighted by Crippen LogP contribution is -2.05. The van der Waals surface area contributed by atoms with Crippen LogP contribution >= 0.6 is 0 Å². The van der Waals surface area contributed by atoms with Crippen LogP contribution in [-0.2, 0) is 9.53 Å². The van der Waals surface area contributed by atoms with Crippen molar-refractivity contribution in [2.45, 2.75) is 0 Å². The Kier molecular flexibility index (Phi) is 5.47. The highest BCUT2D eigenvalue weighted by molar-refractivity contribution is 5.90. The zero-order chi connectivity index (χ0) is 18.4. The lowest BCUT2D eigenvalue weighted by Gasteiger charge is -2.08. The number of hydrogen-bond donors (Lipinski definition) is 1. The number of esters is 1. The largest absolute Gasteiger partial charge is 0.465 e. The molecule has 0 bridgehead atoms. The number of hydrogen-bond acceptors (Lipinski definition) is 6. The highest BCUT2D eigenvalue weighted by atomic mass is 16.6. The molecule has 0 aliphatic rings. The van der Waals surface area contributed by atoms with Gasteiger partial charge in [-0.25, -0.2) is 4.79 Å². The number of primary amides is 1. The minimum Gasteiger partial charge on any atom is -0.465 e. The number of benzene rings is 2. The molecular formula is C17H14N2O6. The molecule has 0 aromatic heterocycles. The molecule has 0 aliphatic heterocycles. The average Bonchev–Trinajstić information content (AvgIpc) is 2.60. The predicted molar refractivity (Wildman–Crippen MR) is 89.2 cm³/mol. The molecule has 2 N–H and O–H groups in total. The molecule has 8 heteroatoms. The van der Waals surface area contributed by atoms with Crippen LogP contribution in [0.3, 0.4) is 0 Å². The molecule has 0 radical (unpaired) electrons. The van der Waals surface area contributed by atoms with E-state index in [2.05, 4.69) is 4.74 Å². The van der Waals surface area contributed by atoms with Crippen molar-refractivity contribution < 1.29 is 24.0 Å². The van der Waals surface area contributed by atoms with Crippen LogP contribution in [0.2, 0.25) is 0 Å². The molecule has 2 rings (SSSR count).